The lowest BCUT2D eigenvalue weighted by Gasteiger charge is -2.25. The first-order valence-electron chi connectivity index (χ1n) is 7.49. The zero-order valence-corrected chi connectivity index (χ0v) is 13.7. The van der Waals surface area contributed by atoms with Gasteiger partial charge in [0.05, 0.1) is 23.3 Å². The van der Waals surface area contributed by atoms with Gasteiger partial charge in [-0.1, -0.05) is 19.1 Å². The summed E-state index contributed by atoms with van der Waals surface area (Å²) >= 11 is 1.54. The number of carbonyl (C=O) groups excluding carboxylic acids is 1. The first-order chi connectivity index (χ1) is 10.7. The van der Waals surface area contributed by atoms with Gasteiger partial charge in [0.25, 0.3) is 0 Å². The highest BCUT2D eigenvalue weighted by molar-refractivity contribution is 8.03. The van der Waals surface area contributed by atoms with Crippen LogP contribution < -0.4 is 10.1 Å². The van der Waals surface area contributed by atoms with Crippen molar-refractivity contribution in [2.75, 3.05) is 12.4 Å². The number of nitrogens with one attached hydrogen (secondary N) is 1. The molecule has 1 N–H and O–H groups in total. The Hall–Kier alpha value is -1.93. The van der Waals surface area contributed by atoms with Crippen molar-refractivity contribution in [3.8, 4) is 11.8 Å². The van der Waals surface area contributed by atoms with E-state index in [4.69, 9.17) is 4.74 Å². The van der Waals surface area contributed by atoms with Gasteiger partial charge in [0, 0.05) is 12.3 Å². The summed E-state index contributed by atoms with van der Waals surface area (Å²) in [6, 6.07) is 9.94. The van der Waals surface area contributed by atoms with Gasteiger partial charge in [-0.25, -0.2) is 0 Å². The molecule has 1 amide bonds. The van der Waals surface area contributed by atoms with Crippen LogP contribution in [0.2, 0.25) is 0 Å². The summed E-state index contributed by atoms with van der Waals surface area (Å²) in [7, 11) is 0. The molecule has 5 heteroatoms. The van der Waals surface area contributed by atoms with Crippen molar-refractivity contribution in [2.45, 2.75) is 32.6 Å². The van der Waals surface area contributed by atoms with Crippen LogP contribution in [-0.2, 0) is 4.79 Å². The number of amides is 1. The van der Waals surface area contributed by atoms with Crippen LogP contribution in [0, 0.1) is 11.3 Å². The molecule has 1 heterocycles. The predicted octanol–water partition coefficient (Wildman–Crippen LogP) is 3.57. The Morgan fingerprint density at radius 2 is 2.09 bits per heavy atom. The molecule has 1 aliphatic rings. The fourth-order valence-electron chi connectivity index (χ4n) is 2.38. The number of nitrogens with zero attached hydrogens (tertiary/aromatic N) is 1. The molecule has 0 saturated carbocycles. The molecule has 0 saturated heterocycles. The Morgan fingerprint density at radius 1 is 1.36 bits per heavy atom. The predicted molar refractivity (Wildman–Crippen MR) is 88.5 cm³/mol. The van der Waals surface area contributed by atoms with Crippen LogP contribution in [-0.4, -0.2) is 18.3 Å². The van der Waals surface area contributed by atoms with Gasteiger partial charge in [0.15, 0.2) is 0 Å². The second kappa shape index (κ2) is 7.90. The number of ether oxygens (including phenoxy) is 1. The Kier molecular flexibility index (Phi) is 5.91. The van der Waals surface area contributed by atoms with Gasteiger partial charge in [0.1, 0.15) is 5.75 Å². The van der Waals surface area contributed by atoms with E-state index in [1.807, 2.05) is 31.2 Å². The average molecular weight is 316 g/mol. The average Bonchev–Trinajstić information content (AvgIpc) is 2.53. The van der Waals surface area contributed by atoms with Gasteiger partial charge in [-0.15, -0.1) is 11.8 Å². The van der Waals surface area contributed by atoms with Gasteiger partial charge in [0.2, 0.25) is 5.91 Å². The van der Waals surface area contributed by atoms with Crippen molar-refractivity contribution in [1.29, 1.82) is 5.26 Å². The van der Waals surface area contributed by atoms with Gasteiger partial charge >= 0.3 is 0 Å². The molecule has 116 valence electrons. The lowest BCUT2D eigenvalue weighted by Crippen LogP contribution is -2.30. The molecule has 0 aromatic heterocycles. The third kappa shape index (κ3) is 3.83. The van der Waals surface area contributed by atoms with Gasteiger partial charge in [-0.05, 0) is 36.8 Å². The number of hydrogen-bond acceptors (Lipinski definition) is 4. The van der Waals surface area contributed by atoms with E-state index >= 15 is 0 Å². The van der Waals surface area contributed by atoms with E-state index in [1.165, 1.54) is 0 Å². The summed E-state index contributed by atoms with van der Waals surface area (Å²) in [5.41, 5.74) is 1.63. The smallest absolute Gasteiger partial charge is 0.225 e. The minimum Gasteiger partial charge on any atom is -0.494 e. The number of rotatable bonds is 6. The first-order valence-corrected chi connectivity index (χ1v) is 8.47. The molecule has 1 unspecified atom stereocenters. The van der Waals surface area contributed by atoms with Crippen LogP contribution in [0.25, 0.3) is 0 Å². The number of allylic oxidation sites excluding steroid dienone is 1. The molecule has 0 spiro atoms. The van der Waals surface area contributed by atoms with Crippen molar-refractivity contribution in [2.24, 2.45) is 0 Å². The van der Waals surface area contributed by atoms with E-state index in [0.717, 1.165) is 23.5 Å². The summed E-state index contributed by atoms with van der Waals surface area (Å²) in [5.74, 6) is 1.48. The maximum atomic E-state index is 12.0. The number of thioether (sulfide) groups is 1. The van der Waals surface area contributed by atoms with Crippen molar-refractivity contribution in [3.05, 3.63) is 40.4 Å². The Balaban J connectivity index is 2.30. The lowest BCUT2D eigenvalue weighted by atomic mass is 9.87. The maximum Gasteiger partial charge on any atom is 0.225 e. The van der Waals surface area contributed by atoms with Crippen molar-refractivity contribution in [3.63, 3.8) is 0 Å². The number of hydrogen-bond donors (Lipinski definition) is 1. The molecular formula is C17H20N2O2S. The largest absolute Gasteiger partial charge is 0.494 e. The summed E-state index contributed by atoms with van der Waals surface area (Å²) < 4.78 is 5.44. The fraction of sp³-hybridized carbons (Fsp3) is 0.412. The molecule has 1 aliphatic heterocycles. The van der Waals surface area contributed by atoms with E-state index in [2.05, 4.69) is 18.3 Å². The third-order valence-corrected chi connectivity index (χ3v) is 4.62. The highest BCUT2D eigenvalue weighted by Crippen LogP contribution is 2.36. The van der Waals surface area contributed by atoms with E-state index in [1.54, 1.807) is 11.8 Å². The van der Waals surface area contributed by atoms with E-state index in [-0.39, 0.29) is 11.8 Å². The minimum absolute atomic E-state index is 0.0310. The second-order valence-corrected chi connectivity index (χ2v) is 6.12. The van der Waals surface area contributed by atoms with E-state index in [9.17, 15) is 10.1 Å². The molecular weight excluding hydrogens is 296 g/mol. The molecule has 1 atom stereocenters. The normalized spacial score (nSPS) is 17.9. The first kappa shape index (κ1) is 16.4. The maximum absolute atomic E-state index is 12.0. The lowest BCUT2D eigenvalue weighted by molar-refractivity contribution is -0.120. The van der Waals surface area contributed by atoms with Crippen LogP contribution in [0.3, 0.4) is 0 Å². The molecule has 4 nitrogen and oxygen atoms in total. The van der Waals surface area contributed by atoms with Crippen LogP contribution in [0.15, 0.2) is 34.9 Å². The zero-order chi connectivity index (χ0) is 15.9. The molecule has 0 bridgehead atoms. The minimum atomic E-state index is -0.172. The van der Waals surface area contributed by atoms with Crippen LogP contribution in [0.4, 0.5) is 0 Å². The standard InChI is InChI=1S/C17H20N2O2S/c1-3-9-22-17-15(11-18)14(10-16(20)19-17)12-5-7-13(8-6-12)21-4-2/h5-8,14H,3-4,9-10H2,1-2H3,(H,19,20). The van der Waals surface area contributed by atoms with E-state index < -0.39 is 0 Å². The Bertz CT molecular complexity index is 602. The SMILES string of the molecule is CCCSC1=C(C#N)C(c2ccc(OCC)cc2)CC(=O)N1. The quantitative estimate of drug-likeness (QED) is 0.871. The van der Waals surface area contributed by atoms with E-state index in [0.29, 0.717) is 23.6 Å². The Labute approximate surface area is 135 Å². The third-order valence-electron chi connectivity index (χ3n) is 3.40. The zero-order valence-electron chi connectivity index (χ0n) is 12.9. The Morgan fingerprint density at radius 3 is 2.68 bits per heavy atom. The molecule has 0 aliphatic carbocycles. The van der Waals surface area contributed by atoms with Crippen LogP contribution >= 0.6 is 11.8 Å². The number of carbonyl (C=O) groups is 1. The molecule has 0 fully saturated rings. The highest BCUT2D eigenvalue weighted by Gasteiger charge is 2.29. The summed E-state index contributed by atoms with van der Waals surface area (Å²) in [5, 5.41) is 13.1. The summed E-state index contributed by atoms with van der Waals surface area (Å²) in [6.07, 6.45) is 1.31. The van der Waals surface area contributed by atoms with Gasteiger partial charge in [-0.2, -0.15) is 5.26 Å². The fourth-order valence-corrected chi connectivity index (χ4v) is 3.32. The monoisotopic (exact) mass is 316 g/mol. The van der Waals surface area contributed by atoms with Crippen molar-refractivity contribution >= 4 is 17.7 Å². The number of benzene rings is 1. The van der Waals surface area contributed by atoms with Gasteiger partial charge < -0.3 is 10.1 Å². The van der Waals surface area contributed by atoms with Crippen molar-refractivity contribution in [1.82, 2.24) is 5.32 Å². The molecule has 1 aromatic carbocycles. The molecule has 1 aromatic rings. The van der Waals surface area contributed by atoms with Gasteiger partial charge in [-0.3, -0.25) is 4.79 Å². The highest BCUT2D eigenvalue weighted by atomic mass is 32.2. The topological polar surface area (TPSA) is 62.1 Å². The second-order valence-electron chi connectivity index (χ2n) is 5.01. The van der Waals surface area contributed by atoms with Crippen LogP contribution in [0.5, 0.6) is 5.75 Å². The van der Waals surface area contributed by atoms with Crippen molar-refractivity contribution < 1.29 is 9.53 Å². The molecule has 22 heavy (non-hydrogen) atoms. The molecule has 2 rings (SSSR count). The number of nitriles is 1. The summed E-state index contributed by atoms with van der Waals surface area (Å²) in [4.78, 5) is 12.0. The summed E-state index contributed by atoms with van der Waals surface area (Å²) in [6.45, 7) is 4.63. The van der Waals surface area contributed by atoms with Crippen LogP contribution in [0.1, 0.15) is 38.2 Å². The molecule has 0 radical (unpaired) electrons.